The molecule has 0 N–H and O–H groups in total. The summed E-state index contributed by atoms with van der Waals surface area (Å²) in [4.78, 5) is 0. The molecule has 3 aromatic rings. The molecular weight excluding hydrogens is 376 g/mol. The van der Waals surface area contributed by atoms with E-state index in [2.05, 4.69) is 121 Å². The average molecular weight is 418 g/mol. The third-order valence-electron chi connectivity index (χ3n) is 6.27. The second-order valence-corrected chi connectivity index (χ2v) is 10.4. The molecule has 2 aromatic carbocycles. The van der Waals surface area contributed by atoms with Crippen LogP contribution in [-0.4, -0.2) is 4.57 Å². The van der Waals surface area contributed by atoms with Crippen LogP contribution in [0.1, 0.15) is 112 Å². The van der Waals surface area contributed by atoms with Crippen LogP contribution in [0, 0.1) is 13.8 Å². The Morgan fingerprint density at radius 2 is 1.00 bits per heavy atom. The van der Waals surface area contributed by atoms with E-state index < -0.39 is 0 Å². The van der Waals surface area contributed by atoms with Crippen LogP contribution < -0.4 is 4.57 Å². The average Bonchev–Trinajstić information content (AvgIpc) is 3.15. The maximum Gasteiger partial charge on any atom is 0.254 e. The summed E-state index contributed by atoms with van der Waals surface area (Å²) in [7, 11) is 0. The summed E-state index contributed by atoms with van der Waals surface area (Å²) < 4.78 is 4.69. The molecule has 0 amide bonds. The summed E-state index contributed by atoms with van der Waals surface area (Å²) in [6.45, 7) is 22.8. The highest BCUT2D eigenvalue weighted by Crippen LogP contribution is 2.33. The Hall–Kier alpha value is -2.35. The van der Waals surface area contributed by atoms with E-state index >= 15 is 0 Å². The van der Waals surface area contributed by atoms with Gasteiger partial charge in [0, 0.05) is 22.3 Å². The molecule has 31 heavy (non-hydrogen) atoms. The lowest BCUT2D eigenvalue weighted by Gasteiger charge is -2.19. The van der Waals surface area contributed by atoms with Crippen molar-refractivity contribution < 1.29 is 4.57 Å². The first-order valence-corrected chi connectivity index (χ1v) is 11.9. The number of aromatic nitrogens is 2. The van der Waals surface area contributed by atoms with Crippen molar-refractivity contribution in [3.8, 4) is 11.4 Å². The molecule has 0 atom stereocenters. The van der Waals surface area contributed by atoms with Crippen molar-refractivity contribution >= 4 is 0 Å². The molecule has 0 aliphatic rings. The van der Waals surface area contributed by atoms with Gasteiger partial charge in [0.15, 0.2) is 0 Å². The number of aryl methyl sites for hydroxylation is 2. The second kappa shape index (κ2) is 9.02. The van der Waals surface area contributed by atoms with Gasteiger partial charge in [0.2, 0.25) is 0 Å². The lowest BCUT2D eigenvalue weighted by atomic mass is 9.90. The molecule has 0 aliphatic carbocycles. The number of imidazole rings is 1. The van der Waals surface area contributed by atoms with E-state index in [1.807, 2.05) is 0 Å². The number of hydrogen-bond acceptors (Lipinski definition) is 0. The predicted octanol–water partition coefficient (Wildman–Crippen LogP) is 7.86. The van der Waals surface area contributed by atoms with Gasteiger partial charge in [0.1, 0.15) is 23.8 Å². The van der Waals surface area contributed by atoms with Crippen LogP contribution >= 0.6 is 0 Å². The van der Waals surface area contributed by atoms with E-state index in [1.54, 1.807) is 0 Å². The largest absolute Gasteiger partial charge is 0.254 e. The molecule has 3 rings (SSSR count). The summed E-state index contributed by atoms with van der Waals surface area (Å²) >= 11 is 0. The van der Waals surface area contributed by atoms with Gasteiger partial charge in [-0.1, -0.05) is 90.8 Å². The highest BCUT2D eigenvalue weighted by molar-refractivity contribution is 5.53. The van der Waals surface area contributed by atoms with E-state index in [-0.39, 0.29) is 0 Å². The molecule has 0 spiro atoms. The number of benzene rings is 2. The fraction of sp³-hybridized carbons (Fsp3) is 0.483. The maximum atomic E-state index is 2.36. The number of nitrogens with zero attached hydrogens (tertiary/aromatic N) is 2. The number of rotatable bonds is 6. The third-order valence-corrected chi connectivity index (χ3v) is 6.27. The Morgan fingerprint density at radius 1 is 0.613 bits per heavy atom. The van der Waals surface area contributed by atoms with Gasteiger partial charge in [-0.2, -0.15) is 0 Å². The SMILES string of the molecule is Cc1cc(C(C)C)c(-n2cc[n+](-c3c(C(C)C)cc(C)cc3C(C)C)c2)c(C(C)C)c1. The molecule has 2 nitrogen and oxygen atoms in total. The van der Waals surface area contributed by atoms with Crippen LogP contribution in [0.3, 0.4) is 0 Å². The van der Waals surface area contributed by atoms with Crippen LogP contribution in [0.15, 0.2) is 43.0 Å². The monoisotopic (exact) mass is 417 g/mol. The van der Waals surface area contributed by atoms with Crippen molar-refractivity contribution in [1.82, 2.24) is 4.57 Å². The first kappa shape index (κ1) is 23.3. The van der Waals surface area contributed by atoms with E-state index in [1.165, 1.54) is 44.8 Å². The highest BCUT2D eigenvalue weighted by atomic mass is 15.1. The normalized spacial score (nSPS) is 12.1. The van der Waals surface area contributed by atoms with Crippen molar-refractivity contribution in [2.75, 3.05) is 0 Å². The molecule has 0 saturated heterocycles. The molecule has 0 radical (unpaired) electrons. The predicted molar refractivity (Wildman–Crippen MR) is 133 cm³/mol. The van der Waals surface area contributed by atoms with E-state index in [0.717, 1.165) is 0 Å². The molecular formula is C29H41N2+. The zero-order chi connectivity index (χ0) is 23.0. The Labute approximate surface area is 190 Å². The summed E-state index contributed by atoms with van der Waals surface area (Å²) in [6, 6.07) is 9.45. The van der Waals surface area contributed by atoms with Crippen LogP contribution in [0.4, 0.5) is 0 Å². The minimum Gasteiger partial charge on any atom is -0.201 e. The highest BCUT2D eigenvalue weighted by Gasteiger charge is 2.24. The second-order valence-electron chi connectivity index (χ2n) is 10.4. The van der Waals surface area contributed by atoms with Gasteiger partial charge in [0.05, 0.1) is 0 Å². The van der Waals surface area contributed by atoms with E-state index in [0.29, 0.717) is 23.7 Å². The van der Waals surface area contributed by atoms with Crippen molar-refractivity contribution in [2.24, 2.45) is 0 Å². The van der Waals surface area contributed by atoms with Crippen molar-refractivity contribution in [1.29, 1.82) is 0 Å². The van der Waals surface area contributed by atoms with Crippen molar-refractivity contribution in [3.63, 3.8) is 0 Å². The van der Waals surface area contributed by atoms with Crippen molar-refractivity contribution in [2.45, 2.75) is 92.9 Å². The first-order chi connectivity index (χ1) is 14.5. The van der Waals surface area contributed by atoms with Gasteiger partial charge < -0.3 is 0 Å². The minimum absolute atomic E-state index is 0.472. The smallest absolute Gasteiger partial charge is 0.201 e. The lowest BCUT2D eigenvalue weighted by molar-refractivity contribution is -0.596. The van der Waals surface area contributed by atoms with Crippen LogP contribution in [0.5, 0.6) is 0 Å². The zero-order valence-electron chi connectivity index (χ0n) is 21.2. The van der Waals surface area contributed by atoms with Crippen molar-refractivity contribution in [3.05, 3.63) is 76.4 Å². The minimum atomic E-state index is 0.472. The standard InChI is InChI=1S/C29H41N2/c1-18(2)24-13-22(9)14-25(19(3)4)28(24)30-11-12-31(17-30)29-26(20(5)6)15-23(10)16-27(29)21(7)8/h11-21H,1-10H3/q+1. The molecule has 2 heteroatoms. The molecule has 0 unspecified atom stereocenters. The van der Waals surface area contributed by atoms with Crippen LogP contribution in [0.2, 0.25) is 0 Å². The summed E-state index contributed by atoms with van der Waals surface area (Å²) in [5.41, 5.74) is 11.1. The van der Waals surface area contributed by atoms with Crippen LogP contribution in [-0.2, 0) is 0 Å². The van der Waals surface area contributed by atoms with Gasteiger partial charge in [0.25, 0.3) is 6.33 Å². The fourth-order valence-corrected chi connectivity index (χ4v) is 4.65. The molecule has 0 fully saturated rings. The molecule has 166 valence electrons. The van der Waals surface area contributed by atoms with Gasteiger partial charge in [-0.15, -0.1) is 0 Å². The molecule has 0 bridgehead atoms. The summed E-state index contributed by atoms with van der Waals surface area (Å²) in [5, 5.41) is 0. The first-order valence-electron chi connectivity index (χ1n) is 11.9. The summed E-state index contributed by atoms with van der Waals surface area (Å²) in [5.74, 6) is 1.89. The topological polar surface area (TPSA) is 8.81 Å². The third kappa shape index (κ3) is 4.63. The lowest BCUT2D eigenvalue weighted by Crippen LogP contribution is -2.32. The summed E-state index contributed by atoms with van der Waals surface area (Å²) in [6.07, 6.45) is 6.75. The Balaban J connectivity index is 2.28. The number of hydrogen-bond donors (Lipinski definition) is 0. The molecule has 0 aliphatic heterocycles. The molecule has 1 heterocycles. The van der Waals surface area contributed by atoms with E-state index in [9.17, 15) is 0 Å². The zero-order valence-corrected chi connectivity index (χ0v) is 21.2. The Morgan fingerprint density at radius 3 is 1.39 bits per heavy atom. The van der Waals surface area contributed by atoms with Gasteiger partial charge in [-0.05, 0) is 37.5 Å². The molecule has 1 aromatic heterocycles. The van der Waals surface area contributed by atoms with Gasteiger partial charge in [-0.3, -0.25) is 0 Å². The fourth-order valence-electron chi connectivity index (χ4n) is 4.65. The molecule has 0 saturated carbocycles. The quantitative estimate of drug-likeness (QED) is 0.361. The van der Waals surface area contributed by atoms with Gasteiger partial charge >= 0.3 is 0 Å². The van der Waals surface area contributed by atoms with E-state index in [4.69, 9.17) is 0 Å². The maximum absolute atomic E-state index is 2.36. The van der Waals surface area contributed by atoms with Crippen LogP contribution in [0.25, 0.3) is 11.4 Å². The Kier molecular flexibility index (Phi) is 6.79. The van der Waals surface area contributed by atoms with Gasteiger partial charge in [-0.25, -0.2) is 9.13 Å². The Bertz CT molecular complexity index is 922.